The molecule has 1 unspecified atom stereocenters. The Morgan fingerprint density at radius 1 is 1.50 bits per heavy atom. The summed E-state index contributed by atoms with van der Waals surface area (Å²) in [6.45, 7) is 6.82. The number of aryl methyl sites for hydroxylation is 1. The van der Waals surface area contributed by atoms with E-state index in [1.807, 2.05) is 19.9 Å². The second kappa shape index (κ2) is 3.35. The quantitative estimate of drug-likeness (QED) is 0.712. The van der Waals surface area contributed by atoms with Crippen LogP contribution in [0, 0.1) is 13.8 Å². The van der Waals surface area contributed by atoms with Crippen LogP contribution < -0.4 is 10.1 Å². The summed E-state index contributed by atoms with van der Waals surface area (Å²) >= 11 is 6.17. The number of fused-ring (bicyclic) bond motifs is 1. The number of benzene rings is 1. The minimum absolute atomic E-state index is 0.347. The fraction of sp³-hybridized carbons (Fsp3) is 0.455. The predicted octanol–water partition coefficient (Wildman–Crippen LogP) is 3.15. The Balaban J connectivity index is 2.55. The first-order valence-electron chi connectivity index (χ1n) is 4.78. The van der Waals surface area contributed by atoms with Crippen LogP contribution in [-0.4, -0.2) is 12.6 Å². The van der Waals surface area contributed by atoms with Gasteiger partial charge in [-0.25, -0.2) is 0 Å². The molecule has 0 bridgehead atoms. The normalized spacial score (nSPS) is 19.6. The van der Waals surface area contributed by atoms with Crippen molar-refractivity contribution in [2.45, 2.75) is 26.8 Å². The topological polar surface area (TPSA) is 21.3 Å². The maximum Gasteiger partial charge on any atom is 0.143 e. The first-order chi connectivity index (χ1) is 6.59. The summed E-state index contributed by atoms with van der Waals surface area (Å²) in [6.07, 6.45) is 0. The molecule has 0 fully saturated rings. The molecule has 0 saturated carbocycles. The second-order valence-electron chi connectivity index (χ2n) is 3.86. The third-order valence-corrected chi connectivity index (χ3v) is 3.11. The zero-order valence-electron chi connectivity index (χ0n) is 8.65. The standard InChI is InChI=1S/C11H14ClNO/c1-6-4-9-11(8(3)10(6)12)13-7(2)5-14-9/h4,7,13H,5H2,1-3H3. The molecule has 1 aromatic carbocycles. The summed E-state index contributed by atoms with van der Waals surface area (Å²) in [4.78, 5) is 0. The molecule has 0 aliphatic carbocycles. The van der Waals surface area contributed by atoms with Crippen molar-refractivity contribution < 1.29 is 4.74 Å². The zero-order chi connectivity index (χ0) is 10.3. The minimum atomic E-state index is 0.347. The molecule has 1 aliphatic rings. The number of rotatable bonds is 0. The monoisotopic (exact) mass is 211 g/mol. The van der Waals surface area contributed by atoms with Crippen LogP contribution in [0.3, 0.4) is 0 Å². The Hall–Kier alpha value is -0.890. The number of halogens is 1. The first-order valence-corrected chi connectivity index (χ1v) is 5.16. The number of hydrogen-bond acceptors (Lipinski definition) is 2. The van der Waals surface area contributed by atoms with Gasteiger partial charge in [-0.05, 0) is 38.0 Å². The zero-order valence-corrected chi connectivity index (χ0v) is 9.40. The molecule has 76 valence electrons. The van der Waals surface area contributed by atoms with Crippen molar-refractivity contribution in [3.05, 3.63) is 22.2 Å². The number of hydrogen-bond donors (Lipinski definition) is 1. The summed E-state index contributed by atoms with van der Waals surface area (Å²) in [5.41, 5.74) is 3.19. The molecule has 0 saturated heterocycles. The lowest BCUT2D eigenvalue weighted by Crippen LogP contribution is -2.28. The van der Waals surface area contributed by atoms with Gasteiger partial charge in [-0.2, -0.15) is 0 Å². The van der Waals surface area contributed by atoms with Gasteiger partial charge < -0.3 is 10.1 Å². The summed E-state index contributed by atoms with van der Waals surface area (Å²) in [7, 11) is 0. The van der Waals surface area contributed by atoms with Gasteiger partial charge in [-0.15, -0.1) is 0 Å². The van der Waals surface area contributed by atoms with Gasteiger partial charge in [0.2, 0.25) is 0 Å². The number of anilines is 1. The molecule has 0 spiro atoms. The van der Waals surface area contributed by atoms with Crippen molar-refractivity contribution >= 4 is 17.3 Å². The van der Waals surface area contributed by atoms with E-state index in [2.05, 4.69) is 12.2 Å². The largest absolute Gasteiger partial charge is 0.489 e. The lowest BCUT2D eigenvalue weighted by Gasteiger charge is -2.27. The van der Waals surface area contributed by atoms with E-state index in [1.54, 1.807) is 0 Å². The maximum atomic E-state index is 6.17. The Labute approximate surface area is 89.2 Å². The van der Waals surface area contributed by atoms with Crippen LogP contribution in [0.2, 0.25) is 5.02 Å². The molecule has 0 radical (unpaired) electrons. The second-order valence-corrected chi connectivity index (χ2v) is 4.24. The van der Waals surface area contributed by atoms with E-state index in [0.29, 0.717) is 12.6 Å². The van der Waals surface area contributed by atoms with Crippen molar-refractivity contribution in [2.24, 2.45) is 0 Å². The van der Waals surface area contributed by atoms with Crippen molar-refractivity contribution in [1.82, 2.24) is 0 Å². The highest BCUT2D eigenvalue weighted by molar-refractivity contribution is 6.32. The van der Waals surface area contributed by atoms with Crippen LogP contribution in [0.25, 0.3) is 0 Å². The van der Waals surface area contributed by atoms with E-state index in [1.165, 1.54) is 0 Å². The Bertz CT molecular complexity index is 376. The van der Waals surface area contributed by atoms with Crippen LogP contribution in [0.4, 0.5) is 5.69 Å². The van der Waals surface area contributed by atoms with E-state index in [4.69, 9.17) is 16.3 Å². The Morgan fingerprint density at radius 2 is 2.21 bits per heavy atom. The SMILES string of the molecule is Cc1cc2c(c(C)c1Cl)NC(C)CO2. The van der Waals surface area contributed by atoms with E-state index >= 15 is 0 Å². The van der Waals surface area contributed by atoms with Crippen molar-refractivity contribution in [3.63, 3.8) is 0 Å². The van der Waals surface area contributed by atoms with E-state index in [-0.39, 0.29) is 0 Å². The van der Waals surface area contributed by atoms with Crippen LogP contribution in [0.15, 0.2) is 6.07 Å². The van der Waals surface area contributed by atoms with Crippen molar-refractivity contribution in [1.29, 1.82) is 0 Å². The van der Waals surface area contributed by atoms with Gasteiger partial charge >= 0.3 is 0 Å². The van der Waals surface area contributed by atoms with Crippen molar-refractivity contribution in [2.75, 3.05) is 11.9 Å². The van der Waals surface area contributed by atoms with Crippen molar-refractivity contribution in [3.8, 4) is 5.75 Å². The Morgan fingerprint density at radius 3 is 2.93 bits per heavy atom. The molecule has 1 aromatic rings. The highest BCUT2D eigenvalue weighted by atomic mass is 35.5. The van der Waals surface area contributed by atoms with Crippen LogP contribution >= 0.6 is 11.6 Å². The summed E-state index contributed by atoms with van der Waals surface area (Å²) in [6, 6.07) is 2.34. The summed E-state index contributed by atoms with van der Waals surface area (Å²) < 4.78 is 5.63. The van der Waals surface area contributed by atoms with Gasteiger partial charge in [-0.1, -0.05) is 11.6 Å². The van der Waals surface area contributed by atoms with E-state index < -0.39 is 0 Å². The first kappa shape index (κ1) is 9.66. The van der Waals surface area contributed by atoms with Gasteiger partial charge in [0.15, 0.2) is 0 Å². The minimum Gasteiger partial charge on any atom is -0.489 e. The molecular weight excluding hydrogens is 198 g/mol. The van der Waals surface area contributed by atoms with Gasteiger partial charge in [0.1, 0.15) is 12.4 Å². The van der Waals surface area contributed by atoms with Crippen LogP contribution in [0.5, 0.6) is 5.75 Å². The smallest absolute Gasteiger partial charge is 0.143 e. The van der Waals surface area contributed by atoms with Crippen LogP contribution in [-0.2, 0) is 0 Å². The number of ether oxygens (including phenoxy) is 1. The molecule has 2 rings (SSSR count). The van der Waals surface area contributed by atoms with Crippen LogP contribution in [0.1, 0.15) is 18.1 Å². The molecule has 14 heavy (non-hydrogen) atoms. The molecule has 1 N–H and O–H groups in total. The molecule has 1 atom stereocenters. The molecule has 0 aromatic heterocycles. The third kappa shape index (κ3) is 1.44. The van der Waals surface area contributed by atoms with Gasteiger partial charge in [0.25, 0.3) is 0 Å². The highest BCUT2D eigenvalue weighted by Crippen LogP contribution is 2.38. The highest BCUT2D eigenvalue weighted by Gasteiger charge is 2.19. The molecule has 0 amide bonds. The van der Waals surface area contributed by atoms with E-state index in [9.17, 15) is 0 Å². The molecule has 3 heteroatoms. The Kier molecular flexibility index (Phi) is 2.31. The maximum absolute atomic E-state index is 6.17. The fourth-order valence-corrected chi connectivity index (χ4v) is 1.87. The fourth-order valence-electron chi connectivity index (χ4n) is 1.72. The van der Waals surface area contributed by atoms with Gasteiger partial charge in [-0.3, -0.25) is 0 Å². The summed E-state index contributed by atoms with van der Waals surface area (Å²) in [5.74, 6) is 0.919. The summed E-state index contributed by atoms with van der Waals surface area (Å²) in [5, 5.41) is 4.21. The van der Waals surface area contributed by atoms with Gasteiger partial charge in [0.05, 0.1) is 11.7 Å². The third-order valence-electron chi connectivity index (χ3n) is 2.52. The molecule has 2 nitrogen and oxygen atoms in total. The lowest BCUT2D eigenvalue weighted by atomic mass is 10.1. The number of nitrogens with one attached hydrogen (secondary N) is 1. The van der Waals surface area contributed by atoms with Gasteiger partial charge in [0, 0.05) is 5.02 Å². The lowest BCUT2D eigenvalue weighted by molar-refractivity contribution is 0.291. The molecule has 1 aliphatic heterocycles. The van der Waals surface area contributed by atoms with E-state index in [0.717, 1.165) is 27.6 Å². The average molecular weight is 212 g/mol. The predicted molar refractivity (Wildman–Crippen MR) is 59.5 cm³/mol. The molecule has 1 heterocycles. The average Bonchev–Trinajstić information content (AvgIpc) is 2.16. The molecular formula is C11H14ClNO.